The van der Waals surface area contributed by atoms with Crippen LogP contribution in [0, 0.1) is 0 Å². The summed E-state index contributed by atoms with van der Waals surface area (Å²) in [7, 11) is 0. The Kier molecular flexibility index (Phi) is 4.15. The van der Waals surface area contributed by atoms with E-state index in [2.05, 4.69) is 39.1 Å². The van der Waals surface area contributed by atoms with E-state index in [0.717, 1.165) is 44.8 Å². The van der Waals surface area contributed by atoms with Gasteiger partial charge in [-0.3, -0.25) is 9.78 Å². The van der Waals surface area contributed by atoms with Crippen LogP contribution in [0.15, 0.2) is 42.9 Å². The molecule has 1 saturated heterocycles. The van der Waals surface area contributed by atoms with Crippen molar-refractivity contribution in [2.75, 3.05) is 31.1 Å². The van der Waals surface area contributed by atoms with Gasteiger partial charge in [-0.25, -0.2) is 4.98 Å². The van der Waals surface area contributed by atoms with Gasteiger partial charge in [-0.1, -0.05) is 24.3 Å². The highest BCUT2D eigenvalue weighted by Crippen LogP contribution is 2.35. The van der Waals surface area contributed by atoms with E-state index in [1.54, 1.807) is 18.6 Å². The molecule has 2 heterocycles. The van der Waals surface area contributed by atoms with Crippen molar-refractivity contribution in [3.05, 3.63) is 54.0 Å². The maximum absolute atomic E-state index is 12.7. The minimum atomic E-state index is 0.287. The number of amides is 1. The van der Waals surface area contributed by atoms with Crippen LogP contribution >= 0.6 is 0 Å². The second-order valence-corrected chi connectivity index (χ2v) is 6.57. The minimum Gasteiger partial charge on any atom is -0.352 e. The number of anilines is 1. The Hall–Kier alpha value is -2.43. The fourth-order valence-electron chi connectivity index (χ4n) is 3.84. The van der Waals surface area contributed by atoms with E-state index in [-0.39, 0.29) is 5.91 Å². The molecule has 1 aliphatic heterocycles. The van der Waals surface area contributed by atoms with E-state index in [1.807, 2.05) is 4.90 Å². The summed E-state index contributed by atoms with van der Waals surface area (Å²) in [6.45, 7) is 3.19. The second-order valence-electron chi connectivity index (χ2n) is 6.57. The summed E-state index contributed by atoms with van der Waals surface area (Å²) < 4.78 is 0. The van der Waals surface area contributed by atoms with Gasteiger partial charge in [0.1, 0.15) is 5.82 Å². The van der Waals surface area contributed by atoms with Crippen LogP contribution in [0.3, 0.4) is 0 Å². The Labute approximate surface area is 142 Å². The van der Waals surface area contributed by atoms with E-state index in [1.165, 1.54) is 11.1 Å². The van der Waals surface area contributed by atoms with E-state index >= 15 is 0 Å². The maximum atomic E-state index is 12.7. The first-order valence-electron chi connectivity index (χ1n) is 8.68. The Morgan fingerprint density at radius 1 is 1.12 bits per heavy atom. The van der Waals surface area contributed by atoms with Crippen LogP contribution in [0.5, 0.6) is 0 Å². The van der Waals surface area contributed by atoms with Gasteiger partial charge in [0.15, 0.2) is 0 Å². The predicted octanol–water partition coefficient (Wildman–Crippen LogP) is 2.25. The fraction of sp³-hybridized carbons (Fsp3) is 0.421. The molecule has 2 aromatic rings. The molecule has 5 heteroatoms. The average molecular weight is 322 g/mol. The first-order chi connectivity index (χ1) is 11.8. The van der Waals surface area contributed by atoms with Crippen molar-refractivity contribution in [1.82, 2.24) is 14.9 Å². The molecule has 124 valence electrons. The molecule has 1 amide bonds. The molecule has 1 aliphatic carbocycles. The summed E-state index contributed by atoms with van der Waals surface area (Å²) in [4.78, 5) is 25.3. The summed E-state index contributed by atoms with van der Waals surface area (Å²) in [6, 6.07) is 8.56. The predicted molar refractivity (Wildman–Crippen MR) is 92.9 cm³/mol. The van der Waals surface area contributed by atoms with Crippen LogP contribution in [-0.4, -0.2) is 47.0 Å². The number of carbonyl (C=O) groups is 1. The third-order valence-corrected chi connectivity index (χ3v) is 5.18. The molecule has 1 atom stereocenters. The lowest BCUT2D eigenvalue weighted by Crippen LogP contribution is -2.49. The van der Waals surface area contributed by atoms with Crippen LogP contribution in [-0.2, 0) is 11.2 Å². The zero-order chi connectivity index (χ0) is 16.4. The summed E-state index contributed by atoms with van der Waals surface area (Å²) in [5.41, 5.74) is 2.80. The number of aryl methyl sites for hydroxylation is 1. The number of fused-ring (bicyclic) bond motifs is 1. The second kappa shape index (κ2) is 6.59. The molecular formula is C19H22N4O. The molecule has 5 nitrogen and oxygen atoms in total. The lowest BCUT2D eigenvalue weighted by atomic mass is 9.97. The van der Waals surface area contributed by atoms with Gasteiger partial charge in [-0.05, 0) is 29.9 Å². The van der Waals surface area contributed by atoms with Gasteiger partial charge >= 0.3 is 0 Å². The molecule has 0 unspecified atom stereocenters. The van der Waals surface area contributed by atoms with Crippen molar-refractivity contribution in [2.45, 2.75) is 25.2 Å². The minimum absolute atomic E-state index is 0.287. The molecule has 0 radical (unpaired) electrons. The molecule has 1 aromatic carbocycles. The Morgan fingerprint density at radius 2 is 1.96 bits per heavy atom. The number of hydrogen-bond acceptors (Lipinski definition) is 4. The molecule has 0 bridgehead atoms. The Balaban J connectivity index is 1.34. The number of aromatic nitrogens is 2. The quantitative estimate of drug-likeness (QED) is 0.870. The summed E-state index contributed by atoms with van der Waals surface area (Å²) in [6.07, 6.45) is 8.03. The van der Waals surface area contributed by atoms with E-state index in [9.17, 15) is 4.79 Å². The average Bonchev–Trinajstić information content (AvgIpc) is 3.06. The highest BCUT2D eigenvalue weighted by molar-refractivity contribution is 5.77. The lowest BCUT2D eigenvalue weighted by Gasteiger charge is -2.35. The zero-order valence-corrected chi connectivity index (χ0v) is 13.8. The Morgan fingerprint density at radius 3 is 2.75 bits per heavy atom. The first-order valence-corrected chi connectivity index (χ1v) is 8.68. The molecule has 0 saturated carbocycles. The van der Waals surface area contributed by atoms with E-state index in [4.69, 9.17) is 0 Å². The topological polar surface area (TPSA) is 49.3 Å². The van der Waals surface area contributed by atoms with Crippen LogP contribution in [0.25, 0.3) is 0 Å². The molecule has 2 aliphatic rings. The monoisotopic (exact) mass is 322 g/mol. The highest BCUT2D eigenvalue weighted by atomic mass is 16.2. The van der Waals surface area contributed by atoms with Crippen molar-refractivity contribution in [2.24, 2.45) is 0 Å². The smallest absolute Gasteiger partial charge is 0.223 e. The van der Waals surface area contributed by atoms with Crippen LogP contribution < -0.4 is 4.90 Å². The molecule has 1 fully saturated rings. The van der Waals surface area contributed by atoms with Gasteiger partial charge in [0, 0.05) is 45.0 Å². The van der Waals surface area contributed by atoms with Crippen LogP contribution in [0.1, 0.15) is 29.9 Å². The maximum Gasteiger partial charge on any atom is 0.223 e. The number of benzene rings is 1. The van der Waals surface area contributed by atoms with Crippen molar-refractivity contribution < 1.29 is 4.79 Å². The zero-order valence-electron chi connectivity index (χ0n) is 13.8. The number of carbonyl (C=O) groups excluding carboxylic acids is 1. The lowest BCUT2D eigenvalue weighted by molar-refractivity contribution is -0.131. The van der Waals surface area contributed by atoms with Gasteiger partial charge in [0.25, 0.3) is 0 Å². The van der Waals surface area contributed by atoms with Crippen molar-refractivity contribution in [3.63, 3.8) is 0 Å². The summed E-state index contributed by atoms with van der Waals surface area (Å²) in [5.74, 6) is 1.58. The van der Waals surface area contributed by atoms with Crippen molar-refractivity contribution in [1.29, 1.82) is 0 Å². The number of hydrogen-bond donors (Lipinski definition) is 0. The van der Waals surface area contributed by atoms with Gasteiger partial charge in [0.05, 0.1) is 6.20 Å². The number of nitrogens with zero attached hydrogens (tertiary/aromatic N) is 4. The molecule has 24 heavy (non-hydrogen) atoms. The molecule has 1 aromatic heterocycles. The van der Waals surface area contributed by atoms with Gasteiger partial charge in [-0.2, -0.15) is 0 Å². The molecule has 0 spiro atoms. The van der Waals surface area contributed by atoms with Crippen molar-refractivity contribution >= 4 is 11.7 Å². The highest BCUT2D eigenvalue weighted by Gasteiger charge is 2.28. The molecular weight excluding hydrogens is 300 g/mol. The number of rotatable bonds is 3. The van der Waals surface area contributed by atoms with Crippen LogP contribution in [0.2, 0.25) is 0 Å². The Bertz CT molecular complexity index is 710. The summed E-state index contributed by atoms with van der Waals surface area (Å²) >= 11 is 0. The van der Waals surface area contributed by atoms with Gasteiger partial charge < -0.3 is 9.80 Å². The normalized spacial score (nSPS) is 20.1. The van der Waals surface area contributed by atoms with E-state index in [0.29, 0.717) is 12.3 Å². The van der Waals surface area contributed by atoms with Gasteiger partial charge in [-0.15, -0.1) is 0 Å². The molecule has 4 rings (SSSR count). The van der Waals surface area contributed by atoms with Crippen LogP contribution in [0.4, 0.5) is 5.82 Å². The standard InChI is InChI=1S/C19H22N4O/c24-19(13-16-6-5-15-3-1-2-4-17(15)16)23-11-9-22(10-12-23)18-14-20-7-8-21-18/h1-4,7-8,14,16H,5-6,9-13H2/t16-/m1/s1. The largest absolute Gasteiger partial charge is 0.352 e. The SMILES string of the molecule is O=C(C[C@H]1CCc2ccccc21)N1CCN(c2cnccn2)CC1. The van der Waals surface area contributed by atoms with Crippen molar-refractivity contribution in [3.8, 4) is 0 Å². The molecule has 0 N–H and O–H groups in total. The van der Waals surface area contributed by atoms with E-state index < -0.39 is 0 Å². The third kappa shape index (κ3) is 2.98. The fourth-order valence-corrected chi connectivity index (χ4v) is 3.84. The van der Waals surface area contributed by atoms with Gasteiger partial charge in [0.2, 0.25) is 5.91 Å². The number of piperazine rings is 1. The first kappa shape index (κ1) is 15.1. The third-order valence-electron chi connectivity index (χ3n) is 5.18. The summed E-state index contributed by atoms with van der Waals surface area (Å²) in [5, 5.41) is 0.